The van der Waals surface area contributed by atoms with Gasteiger partial charge in [-0.2, -0.15) is 0 Å². The van der Waals surface area contributed by atoms with E-state index >= 15 is 0 Å². The minimum absolute atomic E-state index is 0.0456. The molecule has 4 rings (SSSR count). The van der Waals surface area contributed by atoms with Gasteiger partial charge in [0.25, 0.3) is 15.9 Å². The Kier molecular flexibility index (Phi) is 5.53. The molecule has 10 heteroatoms. The Morgan fingerprint density at radius 2 is 1.72 bits per heavy atom. The number of benzene rings is 3. The highest BCUT2D eigenvalue weighted by molar-refractivity contribution is 7.92. The topological polar surface area (TPSA) is 114 Å². The number of halogens is 1. The second-order valence-electron chi connectivity index (χ2n) is 7.17. The number of rotatable bonds is 4. The lowest BCUT2D eigenvalue weighted by Crippen LogP contribution is -2.16. The van der Waals surface area contributed by atoms with Gasteiger partial charge in [0, 0.05) is 23.3 Å². The summed E-state index contributed by atoms with van der Waals surface area (Å²) in [5, 5.41) is 5.76. The third kappa shape index (κ3) is 4.39. The molecule has 0 fully saturated rings. The molecule has 1 aliphatic heterocycles. The van der Waals surface area contributed by atoms with Gasteiger partial charge in [0.15, 0.2) is 5.75 Å². The van der Waals surface area contributed by atoms with Gasteiger partial charge in [-0.15, -0.1) is 0 Å². The molecule has 164 valence electrons. The zero-order valence-electron chi connectivity index (χ0n) is 17.0. The van der Waals surface area contributed by atoms with E-state index in [1.165, 1.54) is 37.3 Å². The van der Waals surface area contributed by atoms with Crippen LogP contribution in [0.25, 0.3) is 0 Å². The molecule has 2 amide bonds. The Labute approximate surface area is 189 Å². The van der Waals surface area contributed by atoms with E-state index in [-0.39, 0.29) is 27.8 Å². The molecule has 0 spiro atoms. The molecule has 3 aromatic rings. The number of fused-ring (bicyclic) bond motifs is 2. The molecule has 32 heavy (non-hydrogen) atoms. The highest BCUT2D eigenvalue weighted by Gasteiger charge is 2.23. The molecule has 0 aliphatic carbocycles. The Morgan fingerprint density at radius 3 is 2.44 bits per heavy atom. The number of ether oxygens (including phenoxy) is 1. The molecule has 0 radical (unpaired) electrons. The van der Waals surface area contributed by atoms with Crippen LogP contribution in [0.15, 0.2) is 59.5 Å². The summed E-state index contributed by atoms with van der Waals surface area (Å²) in [4.78, 5) is 24.0. The molecule has 3 N–H and O–H groups in total. The predicted molar refractivity (Wildman–Crippen MR) is 122 cm³/mol. The van der Waals surface area contributed by atoms with Crippen molar-refractivity contribution in [3.8, 4) is 11.5 Å². The molecule has 0 bridgehead atoms. The Hall–Kier alpha value is -3.56. The van der Waals surface area contributed by atoms with Gasteiger partial charge in [0.2, 0.25) is 5.91 Å². The van der Waals surface area contributed by atoms with Crippen molar-refractivity contribution >= 4 is 50.5 Å². The fourth-order valence-electron chi connectivity index (χ4n) is 3.30. The van der Waals surface area contributed by atoms with E-state index in [1.807, 2.05) is 0 Å². The number of sulfonamides is 1. The van der Waals surface area contributed by atoms with Crippen molar-refractivity contribution in [3.63, 3.8) is 0 Å². The van der Waals surface area contributed by atoms with E-state index in [9.17, 15) is 18.0 Å². The molecular weight excluding hydrogens is 454 g/mol. The van der Waals surface area contributed by atoms with Gasteiger partial charge in [-0.25, -0.2) is 8.42 Å². The monoisotopic (exact) mass is 471 g/mol. The van der Waals surface area contributed by atoms with E-state index in [0.29, 0.717) is 27.7 Å². The number of hydrogen-bond acceptors (Lipinski definition) is 5. The second-order valence-corrected chi connectivity index (χ2v) is 9.26. The van der Waals surface area contributed by atoms with Gasteiger partial charge in [0.1, 0.15) is 5.75 Å². The molecule has 3 aromatic carbocycles. The number of hydrogen-bond donors (Lipinski definition) is 3. The first-order valence-electron chi connectivity index (χ1n) is 9.46. The van der Waals surface area contributed by atoms with Crippen LogP contribution in [-0.4, -0.2) is 20.2 Å². The standard InChI is InChI=1S/C22H18ClN3O5S/c1-12-9-15(24-13(2)27)5-8-21(12)32(29,30)26-16-4-7-19-17(11-16)22(28)25-18-10-14(23)3-6-20(18)31-19/h3-11,26H,1-2H3,(H,24,27)(H,25,28). The van der Waals surface area contributed by atoms with Crippen molar-refractivity contribution in [1.29, 1.82) is 0 Å². The van der Waals surface area contributed by atoms with Crippen LogP contribution < -0.4 is 20.1 Å². The zero-order chi connectivity index (χ0) is 23.0. The lowest BCUT2D eigenvalue weighted by molar-refractivity contribution is -0.114. The third-order valence-corrected chi connectivity index (χ3v) is 6.45. The van der Waals surface area contributed by atoms with Gasteiger partial charge < -0.3 is 15.4 Å². The van der Waals surface area contributed by atoms with Crippen LogP contribution in [0, 0.1) is 6.92 Å². The number of nitrogens with one attached hydrogen (secondary N) is 3. The van der Waals surface area contributed by atoms with Crippen LogP contribution in [0.1, 0.15) is 22.8 Å². The first kappa shape index (κ1) is 21.7. The van der Waals surface area contributed by atoms with Gasteiger partial charge in [0.05, 0.1) is 16.1 Å². The van der Waals surface area contributed by atoms with Crippen LogP contribution in [-0.2, 0) is 14.8 Å². The second kappa shape index (κ2) is 8.18. The smallest absolute Gasteiger partial charge is 0.262 e. The number of carbonyl (C=O) groups is 2. The van der Waals surface area contributed by atoms with Crippen molar-refractivity contribution in [1.82, 2.24) is 0 Å². The van der Waals surface area contributed by atoms with Crippen LogP contribution in [0.2, 0.25) is 5.02 Å². The van der Waals surface area contributed by atoms with Gasteiger partial charge in [-0.3, -0.25) is 14.3 Å². The molecular formula is C22H18ClN3O5S. The van der Waals surface area contributed by atoms with Crippen molar-refractivity contribution < 1.29 is 22.7 Å². The fourth-order valence-corrected chi connectivity index (χ4v) is 4.75. The average Bonchev–Trinajstić information content (AvgIpc) is 2.82. The Morgan fingerprint density at radius 1 is 1.00 bits per heavy atom. The van der Waals surface area contributed by atoms with Crippen molar-refractivity contribution in [3.05, 3.63) is 70.7 Å². The highest BCUT2D eigenvalue weighted by Crippen LogP contribution is 2.38. The summed E-state index contributed by atoms with van der Waals surface area (Å²) < 4.78 is 34.2. The van der Waals surface area contributed by atoms with Crippen LogP contribution in [0.3, 0.4) is 0 Å². The Balaban J connectivity index is 1.63. The van der Waals surface area contributed by atoms with E-state index in [4.69, 9.17) is 16.3 Å². The molecule has 0 atom stereocenters. The molecule has 8 nitrogen and oxygen atoms in total. The molecule has 1 heterocycles. The SMILES string of the molecule is CC(=O)Nc1ccc(S(=O)(=O)Nc2ccc3c(c2)C(=O)Nc2cc(Cl)ccc2O3)c(C)c1. The predicted octanol–water partition coefficient (Wildman–Crippen LogP) is 4.77. The van der Waals surface area contributed by atoms with Crippen LogP contribution in [0.5, 0.6) is 11.5 Å². The normalized spacial score (nSPS) is 12.5. The maximum absolute atomic E-state index is 12.9. The maximum Gasteiger partial charge on any atom is 0.262 e. The van der Waals surface area contributed by atoms with Crippen molar-refractivity contribution in [2.75, 3.05) is 15.4 Å². The summed E-state index contributed by atoms with van der Waals surface area (Å²) in [6.45, 7) is 2.99. The number of amides is 2. The molecule has 1 aliphatic rings. The first-order valence-corrected chi connectivity index (χ1v) is 11.3. The van der Waals surface area contributed by atoms with Crippen LogP contribution >= 0.6 is 11.6 Å². The molecule has 0 aromatic heterocycles. The molecule has 0 saturated carbocycles. The number of carbonyl (C=O) groups excluding carboxylic acids is 2. The number of anilines is 3. The van der Waals surface area contributed by atoms with Gasteiger partial charge in [-0.05, 0) is 67.1 Å². The van der Waals surface area contributed by atoms with Crippen molar-refractivity contribution in [2.24, 2.45) is 0 Å². The summed E-state index contributed by atoms with van der Waals surface area (Å²) in [6, 6.07) is 13.7. The van der Waals surface area contributed by atoms with Gasteiger partial charge in [-0.1, -0.05) is 11.6 Å². The summed E-state index contributed by atoms with van der Waals surface area (Å²) in [5.41, 5.74) is 1.71. The minimum Gasteiger partial charge on any atom is -0.454 e. The summed E-state index contributed by atoms with van der Waals surface area (Å²) in [5.74, 6) is -0.0157. The largest absolute Gasteiger partial charge is 0.454 e. The van der Waals surface area contributed by atoms with E-state index < -0.39 is 15.9 Å². The summed E-state index contributed by atoms with van der Waals surface area (Å²) >= 11 is 5.99. The lowest BCUT2D eigenvalue weighted by atomic mass is 10.1. The van der Waals surface area contributed by atoms with Crippen molar-refractivity contribution in [2.45, 2.75) is 18.7 Å². The van der Waals surface area contributed by atoms with E-state index in [0.717, 1.165) is 0 Å². The Bertz CT molecular complexity index is 1370. The lowest BCUT2D eigenvalue weighted by Gasteiger charge is -2.13. The zero-order valence-corrected chi connectivity index (χ0v) is 18.6. The summed E-state index contributed by atoms with van der Waals surface area (Å²) in [7, 11) is -3.95. The minimum atomic E-state index is -3.95. The number of aryl methyl sites for hydroxylation is 1. The molecule has 0 saturated heterocycles. The third-order valence-electron chi connectivity index (χ3n) is 4.67. The van der Waals surface area contributed by atoms with E-state index in [2.05, 4.69) is 15.4 Å². The van der Waals surface area contributed by atoms with E-state index in [1.54, 1.807) is 31.2 Å². The average molecular weight is 472 g/mol. The first-order chi connectivity index (χ1) is 15.1. The highest BCUT2D eigenvalue weighted by atomic mass is 35.5. The van der Waals surface area contributed by atoms with Crippen LogP contribution in [0.4, 0.5) is 17.1 Å². The quantitative estimate of drug-likeness (QED) is 0.507. The fraction of sp³-hybridized carbons (Fsp3) is 0.0909. The van der Waals surface area contributed by atoms with Gasteiger partial charge >= 0.3 is 0 Å². The maximum atomic E-state index is 12.9. The molecule has 0 unspecified atom stereocenters. The summed E-state index contributed by atoms with van der Waals surface area (Å²) in [6.07, 6.45) is 0.